The number of halogens is 3. The molecule has 0 atom stereocenters. The molecule has 2 N–H and O–H groups in total. The monoisotopic (exact) mass is 504 g/mol. The van der Waals surface area contributed by atoms with Crippen LogP contribution in [-0.2, 0) is 12.7 Å². The smallest absolute Gasteiger partial charge is 0.371 e. The van der Waals surface area contributed by atoms with Crippen molar-refractivity contribution in [1.82, 2.24) is 10.2 Å². The molecule has 3 aromatic rings. The quantitative estimate of drug-likeness (QED) is 0.390. The molecule has 1 heterocycles. The van der Waals surface area contributed by atoms with Gasteiger partial charge in [-0.25, -0.2) is 4.79 Å². The van der Waals surface area contributed by atoms with Gasteiger partial charge in [-0.1, -0.05) is 55.1 Å². The van der Waals surface area contributed by atoms with Gasteiger partial charge in [-0.2, -0.15) is 18.4 Å². The van der Waals surface area contributed by atoms with Gasteiger partial charge in [-0.05, 0) is 59.7 Å². The molecule has 3 aromatic carbocycles. The molecule has 0 aliphatic carbocycles. The Balaban J connectivity index is 1.43. The predicted molar refractivity (Wildman–Crippen MR) is 137 cm³/mol. The van der Waals surface area contributed by atoms with Gasteiger partial charge in [0, 0.05) is 25.3 Å². The Kier molecular flexibility index (Phi) is 7.83. The van der Waals surface area contributed by atoms with Gasteiger partial charge in [0.2, 0.25) is 0 Å². The first-order valence-corrected chi connectivity index (χ1v) is 12.0. The number of carbonyl (C=O) groups is 1. The van der Waals surface area contributed by atoms with E-state index >= 15 is 0 Å². The number of amides is 2. The Morgan fingerprint density at radius 1 is 1.03 bits per heavy atom. The zero-order valence-electron chi connectivity index (χ0n) is 20.2. The number of anilines is 1. The van der Waals surface area contributed by atoms with E-state index in [0.717, 1.165) is 24.5 Å². The number of rotatable bonds is 6. The van der Waals surface area contributed by atoms with Crippen LogP contribution < -0.4 is 10.6 Å². The van der Waals surface area contributed by atoms with Crippen molar-refractivity contribution >= 4 is 17.4 Å². The molecule has 5 nitrogen and oxygen atoms in total. The fraction of sp³-hybridized carbons (Fsp3) is 0.241. The van der Waals surface area contributed by atoms with E-state index in [1.807, 2.05) is 54.6 Å². The predicted octanol–water partition coefficient (Wildman–Crippen LogP) is 6.75. The molecule has 1 saturated heterocycles. The van der Waals surface area contributed by atoms with Gasteiger partial charge in [0.05, 0.1) is 22.9 Å². The minimum absolute atomic E-state index is 0.189. The molecule has 0 aromatic heterocycles. The topological polar surface area (TPSA) is 68.2 Å². The maximum Gasteiger partial charge on any atom is 0.418 e. The van der Waals surface area contributed by atoms with E-state index in [0.29, 0.717) is 35.8 Å². The highest BCUT2D eigenvalue weighted by atomic mass is 19.4. The van der Waals surface area contributed by atoms with Gasteiger partial charge in [0.1, 0.15) is 0 Å². The van der Waals surface area contributed by atoms with E-state index in [4.69, 9.17) is 5.26 Å². The second-order valence-corrected chi connectivity index (χ2v) is 8.99. The van der Waals surface area contributed by atoms with Crippen molar-refractivity contribution in [3.8, 4) is 6.07 Å². The summed E-state index contributed by atoms with van der Waals surface area (Å²) in [6.07, 6.45) is -2.90. The SMILES string of the molecule is C=C(c1ccc(C(F)(F)F)c(NC(=O)NCc2ccccc2)c1)N1CCC(c2ccc(C#N)cc2)CC1. The lowest BCUT2D eigenvalue weighted by atomic mass is 9.88. The number of carbonyl (C=O) groups excluding carboxylic acids is 1. The Morgan fingerprint density at radius 2 is 1.70 bits per heavy atom. The molecule has 4 rings (SSSR count). The first-order valence-electron chi connectivity index (χ1n) is 12.0. The van der Waals surface area contributed by atoms with Crippen LogP contribution in [0.5, 0.6) is 0 Å². The molecule has 1 fully saturated rings. The van der Waals surface area contributed by atoms with Crippen molar-refractivity contribution in [2.75, 3.05) is 18.4 Å². The van der Waals surface area contributed by atoms with Crippen LogP contribution in [0.2, 0.25) is 0 Å². The number of nitrogens with one attached hydrogen (secondary N) is 2. The van der Waals surface area contributed by atoms with Crippen LogP contribution in [0.15, 0.2) is 79.4 Å². The molecule has 0 unspecified atom stereocenters. The fourth-order valence-corrected chi connectivity index (χ4v) is 4.51. The number of hydrogen-bond donors (Lipinski definition) is 2. The number of urea groups is 1. The van der Waals surface area contributed by atoms with Crippen molar-refractivity contribution in [3.05, 3.63) is 107 Å². The van der Waals surface area contributed by atoms with Gasteiger partial charge in [0.25, 0.3) is 0 Å². The molecular weight excluding hydrogens is 477 g/mol. The molecular formula is C29H27F3N4O. The lowest BCUT2D eigenvalue weighted by Gasteiger charge is -2.35. The van der Waals surface area contributed by atoms with Gasteiger partial charge >= 0.3 is 12.2 Å². The Bertz CT molecular complexity index is 1290. The zero-order valence-corrected chi connectivity index (χ0v) is 20.2. The summed E-state index contributed by atoms with van der Waals surface area (Å²) in [5.41, 5.74) is 2.52. The van der Waals surface area contributed by atoms with Crippen LogP contribution in [0.3, 0.4) is 0 Å². The summed E-state index contributed by atoms with van der Waals surface area (Å²) in [5.74, 6) is 0.343. The van der Waals surface area contributed by atoms with Crippen molar-refractivity contribution in [3.63, 3.8) is 0 Å². The van der Waals surface area contributed by atoms with E-state index in [2.05, 4.69) is 28.2 Å². The van der Waals surface area contributed by atoms with E-state index in [9.17, 15) is 18.0 Å². The minimum Gasteiger partial charge on any atom is -0.371 e. The van der Waals surface area contributed by atoms with Crippen molar-refractivity contribution < 1.29 is 18.0 Å². The van der Waals surface area contributed by atoms with Crippen molar-refractivity contribution in [1.29, 1.82) is 5.26 Å². The average Bonchev–Trinajstić information content (AvgIpc) is 2.91. The van der Waals surface area contributed by atoms with E-state index in [1.165, 1.54) is 17.7 Å². The number of nitrogens with zero attached hydrogens (tertiary/aromatic N) is 2. The number of benzene rings is 3. The molecule has 37 heavy (non-hydrogen) atoms. The average molecular weight is 505 g/mol. The highest BCUT2D eigenvalue weighted by Gasteiger charge is 2.34. The highest BCUT2D eigenvalue weighted by Crippen LogP contribution is 2.37. The van der Waals surface area contributed by atoms with Crippen LogP contribution in [0.4, 0.5) is 23.7 Å². The molecule has 2 amide bonds. The number of piperidine rings is 1. The number of likely N-dealkylation sites (tertiary alicyclic amines) is 1. The largest absolute Gasteiger partial charge is 0.418 e. The normalized spacial score (nSPS) is 14.1. The molecule has 0 saturated carbocycles. The summed E-state index contributed by atoms with van der Waals surface area (Å²) in [6.45, 7) is 5.73. The number of nitriles is 1. The standard InChI is InChI=1S/C29H27F3N4O/c1-20(36-15-13-24(14-16-36)23-9-7-21(18-33)8-10-23)25-11-12-26(29(30,31)32)27(17-25)35-28(37)34-19-22-5-3-2-4-6-22/h2-12,17,24H,1,13-16,19H2,(H2,34,35,37). The van der Waals surface area contributed by atoms with Crippen LogP contribution in [0.1, 0.15) is 46.6 Å². The molecule has 190 valence electrons. The Morgan fingerprint density at radius 3 is 2.32 bits per heavy atom. The van der Waals surface area contributed by atoms with E-state index in [-0.39, 0.29) is 12.2 Å². The summed E-state index contributed by atoms with van der Waals surface area (Å²) in [5, 5.41) is 14.0. The second kappa shape index (κ2) is 11.2. The van der Waals surface area contributed by atoms with Crippen LogP contribution >= 0.6 is 0 Å². The molecule has 0 radical (unpaired) electrons. The van der Waals surface area contributed by atoms with E-state index in [1.54, 1.807) is 0 Å². The first kappa shape index (κ1) is 25.8. The van der Waals surface area contributed by atoms with Gasteiger partial charge < -0.3 is 15.5 Å². The summed E-state index contributed by atoms with van der Waals surface area (Å²) < 4.78 is 41.0. The second-order valence-electron chi connectivity index (χ2n) is 8.99. The van der Waals surface area contributed by atoms with Crippen LogP contribution in [0.25, 0.3) is 5.70 Å². The minimum atomic E-state index is -4.62. The van der Waals surface area contributed by atoms with Gasteiger partial charge in [0.15, 0.2) is 0 Å². The number of hydrogen-bond acceptors (Lipinski definition) is 3. The third kappa shape index (κ3) is 6.50. The summed E-state index contributed by atoms with van der Waals surface area (Å²) in [7, 11) is 0. The third-order valence-electron chi connectivity index (χ3n) is 6.59. The fourth-order valence-electron chi connectivity index (χ4n) is 4.51. The molecule has 0 spiro atoms. The van der Waals surface area contributed by atoms with Gasteiger partial charge in [-0.3, -0.25) is 0 Å². The zero-order chi connectivity index (χ0) is 26.4. The number of alkyl halides is 3. The molecule has 8 heteroatoms. The summed E-state index contributed by atoms with van der Waals surface area (Å²) in [4.78, 5) is 14.5. The maximum atomic E-state index is 13.7. The van der Waals surface area contributed by atoms with Gasteiger partial charge in [-0.15, -0.1) is 0 Å². The van der Waals surface area contributed by atoms with Crippen molar-refractivity contribution in [2.45, 2.75) is 31.5 Å². The van der Waals surface area contributed by atoms with Crippen LogP contribution in [-0.4, -0.2) is 24.0 Å². The van der Waals surface area contributed by atoms with Crippen LogP contribution in [0, 0.1) is 11.3 Å². The molecule has 0 bridgehead atoms. The third-order valence-corrected chi connectivity index (χ3v) is 6.59. The highest BCUT2D eigenvalue weighted by molar-refractivity contribution is 5.91. The lowest BCUT2D eigenvalue weighted by Crippen LogP contribution is -2.31. The van der Waals surface area contributed by atoms with E-state index < -0.39 is 17.8 Å². The van der Waals surface area contributed by atoms with Crippen molar-refractivity contribution in [2.24, 2.45) is 0 Å². The Hall–Kier alpha value is -4.25. The maximum absolute atomic E-state index is 13.7. The Labute approximate surface area is 214 Å². The molecule has 1 aliphatic heterocycles. The first-order chi connectivity index (χ1) is 17.7. The summed E-state index contributed by atoms with van der Waals surface area (Å²) in [6, 6.07) is 21.8. The summed E-state index contributed by atoms with van der Waals surface area (Å²) >= 11 is 0. The molecule has 1 aliphatic rings. The lowest BCUT2D eigenvalue weighted by molar-refractivity contribution is -0.136.